The summed E-state index contributed by atoms with van der Waals surface area (Å²) in [6, 6.07) is 10.5. The van der Waals surface area contributed by atoms with Gasteiger partial charge in [0, 0.05) is 16.7 Å². The van der Waals surface area contributed by atoms with Gasteiger partial charge in [0.05, 0.1) is 5.88 Å². The van der Waals surface area contributed by atoms with E-state index in [1.165, 1.54) is 12.1 Å². The number of benzene rings is 2. The summed E-state index contributed by atoms with van der Waals surface area (Å²) in [5, 5.41) is 0.610. The predicted molar refractivity (Wildman–Crippen MR) is 74.0 cm³/mol. The molecule has 0 saturated carbocycles. The number of alkyl halides is 1. The lowest BCUT2D eigenvalue weighted by Gasteiger charge is -2.11. The van der Waals surface area contributed by atoms with Crippen LogP contribution in [0.2, 0.25) is 5.02 Å². The molecule has 20 heavy (non-hydrogen) atoms. The van der Waals surface area contributed by atoms with Crippen LogP contribution in [0.4, 0.5) is 8.78 Å². The van der Waals surface area contributed by atoms with Gasteiger partial charge in [-0.1, -0.05) is 29.8 Å². The van der Waals surface area contributed by atoms with Gasteiger partial charge in [-0.25, -0.2) is 8.78 Å². The molecule has 2 atom stereocenters. The Morgan fingerprint density at radius 3 is 2.40 bits per heavy atom. The van der Waals surface area contributed by atoms with Crippen LogP contribution >= 0.6 is 23.2 Å². The second-order valence-corrected chi connectivity index (χ2v) is 5.40. The number of hydrogen-bond acceptors (Lipinski definition) is 1. The quantitative estimate of drug-likeness (QED) is 0.584. The van der Waals surface area contributed by atoms with Crippen molar-refractivity contribution in [3.05, 3.63) is 70.2 Å². The molecule has 2 aromatic carbocycles. The Kier molecular flexibility index (Phi) is 3.44. The number of rotatable bonds is 3. The van der Waals surface area contributed by atoms with Crippen molar-refractivity contribution in [2.45, 2.75) is 11.7 Å². The fourth-order valence-corrected chi connectivity index (χ4v) is 2.84. The lowest BCUT2D eigenvalue weighted by molar-refractivity contribution is 0.309. The van der Waals surface area contributed by atoms with Crippen LogP contribution in [-0.2, 0) is 10.3 Å². The van der Waals surface area contributed by atoms with E-state index >= 15 is 0 Å². The molecule has 0 amide bonds. The van der Waals surface area contributed by atoms with Crippen molar-refractivity contribution in [3.63, 3.8) is 0 Å². The topological polar surface area (TPSA) is 12.5 Å². The Labute approximate surface area is 125 Å². The first kappa shape index (κ1) is 13.8. The molecule has 2 unspecified atom stereocenters. The minimum absolute atomic E-state index is 0.0862. The van der Waals surface area contributed by atoms with E-state index in [1.54, 1.807) is 12.1 Å². The van der Waals surface area contributed by atoms with Gasteiger partial charge in [-0.2, -0.15) is 0 Å². The van der Waals surface area contributed by atoms with E-state index in [0.717, 1.165) is 11.6 Å². The highest BCUT2D eigenvalue weighted by Gasteiger charge is 2.59. The van der Waals surface area contributed by atoms with Crippen LogP contribution in [-0.4, -0.2) is 5.88 Å². The Hall–Kier alpha value is -1.16. The summed E-state index contributed by atoms with van der Waals surface area (Å²) in [7, 11) is 0. The molecule has 3 rings (SSSR count). The monoisotopic (exact) mass is 314 g/mol. The van der Waals surface area contributed by atoms with Gasteiger partial charge >= 0.3 is 0 Å². The maximum absolute atomic E-state index is 13.9. The molecule has 0 N–H and O–H groups in total. The summed E-state index contributed by atoms with van der Waals surface area (Å²) in [6.45, 7) is 0. The third kappa shape index (κ3) is 2.20. The zero-order valence-corrected chi connectivity index (χ0v) is 11.8. The average molecular weight is 315 g/mol. The van der Waals surface area contributed by atoms with Crippen molar-refractivity contribution >= 4 is 23.2 Å². The zero-order valence-electron chi connectivity index (χ0n) is 10.2. The van der Waals surface area contributed by atoms with Crippen molar-refractivity contribution in [1.29, 1.82) is 0 Å². The van der Waals surface area contributed by atoms with Gasteiger partial charge in [-0.05, 0) is 23.8 Å². The normalized spacial score (nSPS) is 24.7. The van der Waals surface area contributed by atoms with Crippen LogP contribution in [0, 0.1) is 11.6 Å². The third-order valence-corrected chi connectivity index (χ3v) is 4.10. The third-order valence-electron chi connectivity index (χ3n) is 3.45. The Bertz CT molecular complexity index is 645. The van der Waals surface area contributed by atoms with E-state index < -0.39 is 17.2 Å². The summed E-state index contributed by atoms with van der Waals surface area (Å²) in [4.78, 5) is 0. The van der Waals surface area contributed by atoms with Gasteiger partial charge < -0.3 is 4.74 Å². The second kappa shape index (κ2) is 4.99. The van der Waals surface area contributed by atoms with Gasteiger partial charge in [0.2, 0.25) is 0 Å². The van der Waals surface area contributed by atoms with Crippen molar-refractivity contribution < 1.29 is 13.5 Å². The molecular weight excluding hydrogens is 305 g/mol. The first-order valence-electron chi connectivity index (χ1n) is 6.01. The van der Waals surface area contributed by atoms with Gasteiger partial charge in [-0.3, -0.25) is 0 Å². The molecule has 0 radical (unpaired) electrons. The molecule has 1 fully saturated rings. The van der Waals surface area contributed by atoms with Crippen LogP contribution in [0.5, 0.6) is 0 Å². The van der Waals surface area contributed by atoms with Crippen molar-refractivity contribution in [2.75, 3.05) is 5.88 Å². The Balaban J connectivity index is 1.97. The van der Waals surface area contributed by atoms with E-state index in [1.807, 2.05) is 12.1 Å². The number of hydrogen-bond donors (Lipinski definition) is 0. The number of ether oxygens (including phenoxy) is 1. The van der Waals surface area contributed by atoms with Crippen molar-refractivity contribution in [3.8, 4) is 0 Å². The highest BCUT2D eigenvalue weighted by Crippen LogP contribution is 2.58. The first-order chi connectivity index (χ1) is 9.56. The first-order valence-corrected chi connectivity index (χ1v) is 6.93. The molecule has 104 valence electrons. The van der Waals surface area contributed by atoms with Crippen molar-refractivity contribution in [2.24, 2.45) is 0 Å². The predicted octanol–water partition coefficient (Wildman–Crippen LogP) is 4.82. The second-order valence-electron chi connectivity index (χ2n) is 4.70. The van der Waals surface area contributed by atoms with E-state index in [2.05, 4.69) is 0 Å². The minimum atomic E-state index is -0.937. The molecule has 1 aliphatic heterocycles. The molecule has 0 bridgehead atoms. The molecule has 0 spiro atoms. The van der Waals surface area contributed by atoms with Crippen LogP contribution < -0.4 is 0 Å². The molecule has 5 heteroatoms. The summed E-state index contributed by atoms with van der Waals surface area (Å²) in [5.41, 5.74) is 0.195. The van der Waals surface area contributed by atoms with Crippen LogP contribution in [0.3, 0.4) is 0 Å². The maximum Gasteiger partial charge on any atom is 0.141 e. The molecule has 1 aliphatic rings. The SMILES string of the molecule is Fc1ccc(C2(CCl)OC2c2ccc(Cl)cc2)c(F)c1. The van der Waals surface area contributed by atoms with E-state index in [-0.39, 0.29) is 17.5 Å². The van der Waals surface area contributed by atoms with Crippen LogP contribution in [0.25, 0.3) is 0 Å². The smallest absolute Gasteiger partial charge is 0.141 e. The van der Waals surface area contributed by atoms with E-state index in [9.17, 15) is 8.78 Å². The Morgan fingerprint density at radius 1 is 1.10 bits per heavy atom. The lowest BCUT2D eigenvalue weighted by Crippen LogP contribution is -2.14. The number of epoxide rings is 1. The fourth-order valence-electron chi connectivity index (χ4n) is 2.36. The largest absolute Gasteiger partial charge is 0.354 e. The molecule has 2 aromatic rings. The van der Waals surface area contributed by atoms with Gasteiger partial charge in [0.1, 0.15) is 23.3 Å². The fraction of sp³-hybridized carbons (Fsp3) is 0.200. The summed E-state index contributed by atoms with van der Waals surface area (Å²) >= 11 is 11.8. The van der Waals surface area contributed by atoms with Gasteiger partial charge in [0.15, 0.2) is 0 Å². The summed E-state index contributed by atoms with van der Waals surface area (Å²) < 4.78 is 32.6. The average Bonchev–Trinajstić information content (AvgIpc) is 3.15. The molecule has 1 nitrogen and oxygen atoms in total. The standard InChI is InChI=1S/C15H10Cl2F2O/c16-8-15(12-6-5-11(18)7-13(12)19)14(20-15)9-1-3-10(17)4-2-9/h1-7,14H,8H2. The maximum atomic E-state index is 13.9. The van der Waals surface area contributed by atoms with E-state index in [4.69, 9.17) is 27.9 Å². The molecule has 0 aliphatic carbocycles. The molecular formula is C15H10Cl2F2O. The van der Waals surface area contributed by atoms with E-state index in [0.29, 0.717) is 5.02 Å². The minimum Gasteiger partial charge on any atom is -0.354 e. The Morgan fingerprint density at radius 2 is 1.80 bits per heavy atom. The highest BCUT2D eigenvalue weighted by molar-refractivity contribution is 6.30. The highest BCUT2D eigenvalue weighted by atomic mass is 35.5. The van der Waals surface area contributed by atoms with Gasteiger partial charge in [-0.15, -0.1) is 11.6 Å². The molecule has 1 saturated heterocycles. The molecule has 1 heterocycles. The zero-order chi connectivity index (χ0) is 14.3. The molecule has 0 aromatic heterocycles. The summed E-state index contributed by atoms with van der Waals surface area (Å²) in [5.74, 6) is -1.19. The van der Waals surface area contributed by atoms with Crippen molar-refractivity contribution in [1.82, 2.24) is 0 Å². The summed E-state index contributed by atoms with van der Waals surface area (Å²) in [6.07, 6.45) is -0.350. The lowest BCUT2D eigenvalue weighted by atomic mass is 9.93. The van der Waals surface area contributed by atoms with Crippen LogP contribution in [0.1, 0.15) is 17.2 Å². The van der Waals surface area contributed by atoms with Gasteiger partial charge in [0.25, 0.3) is 0 Å². The number of halogens is 4. The van der Waals surface area contributed by atoms with Crippen LogP contribution in [0.15, 0.2) is 42.5 Å².